The van der Waals surface area contributed by atoms with Gasteiger partial charge in [-0.1, -0.05) is 6.92 Å². The van der Waals surface area contributed by atoms with Crippen LogP contribution < -0.4 is 15.5 Å². The lowest BCUT2D eigenvalue weighted by Crippen LogP contribution is -2.48. The Morgan fingerprint density at radius 1 is 1.33 bits per heavy atom. The van der Waals surface area contributed by atoms with Gasteiger partial charge in [0, 0.05) is 26.2 Å². The number of rotatable bonds is 6. The molecule has 2 heterocycles. The third-order valence-corrected chi connectivity index (χ3v) is 5.51. The van der Waals surface area contributed by atoms with Gasteiger partial charge in [-0.05, 0) is 31.6 Å². The first-order valence-corrected chi connectivity index (χ1v) is 9.39. The molecule has 2 N–H and O–H groups in total. The van der Waals surface area contributed by atoms with Crippen molar-refractivity contribution in [3.05, 3.63) is 21.7 Å². The number of hydrogen-bond acceptors (Lipinski definition) is 7. The lowest BCUT2D eigenvalue weighted by molar-refractivity contribution is -0.384. The van der Waals surface area contributed by atoms with Gasteiger partial charge in [-0.25, -0.2) is 4.98 Å². The van der Waals surface area contributed by atoms with Crippen LogP contribution >= 0.6 is 0 Å². The van der Waals surface area contributed by atoms with E-state index in [0.717, 1.165) is 25.7 Å². The SMILES string of the molecule is CNc1nc(N(C)C2COC2)c(C(=O)N[C@H]2CC[C@H](C)CC2)cc1[N+](=O)[O-]. The molecule has 148 valence electrons. The molecule has 9 nitrogen and oxygen atoms in total. The minimum atomic E-state index is -0.520. The Kier molecular flexibility index (Phi) is 5.79. The Bertz CT molecular complexity index is 714. The topological polar surface area (TPSA) is 110 Å². The average Bonchev–Trinajstić information content (AvgIpc) is 2.60. The highest BCUT2D eigenvalue weighted by molar-refractivity contribution is 6.00. The van der Waals surface area contributed by atoms with Crippen molar-refractivity contribution in [3.8, 4) is 0 Å². The molecule has 0 atom stereocenters. The van der Waals surface area contributed by atoms with E-state index in [4.69, 9.17) is 4.74 Å². The highest BCUT2D eigenvalue weighted by Gasteiger charge is 2.31. The lowest BCUT2D eigenvalue weighted by atomic mass is 9.87. The first-order chi connectivity index (χ1) is 12.9. The smallest absolute Gasteiger partial charge is 0.312 e. The second-order valence-electron chi connectivity index (χ2n) is 7.47. The Hall–Kier alpha value is -2.42. The van der Waals surface area contributed by atoms with Crippen molar-refractivity contribution in [2.24, 2.45) is 5.92 Å². The number of carbonyl (C=O) groups is 1. The van der Waals surface area contributed by atoms with Crippen molar-refractivity contribution in [2.75, 3.05) is 37.5 Å². The fourth-order valence-corrected chi connectivity index (χ4v) is 3.54. The van der Waals surface area contributed by atoms with E-state index in [1.807, 2.05) is 11.9 Å². The van der Waals surface area contributed by atoms with Crippen LogP contribution in [-0.4, -0.2) is 55.2 Å². The van der Waals surface area contributed by atoms with Crippen LogP contribution in [0.1, 0.15) is 43.0 Å². The first-order valence-electron chi connectivity index (χ1n) is 9.39. The van der Waals surface area contributed by atoms with Crippen LogP contribution in [0.15, 0.2) is 6.07 Å². The maximum absolute atomic E-state index is 13.0. The first kappa shape index (κ1) is 19.3. The second kappa shape index (κ2) is 8.08. The minimum Gasteiger partial charge on any atom is -0.377 e. The standard InChI is InChI=1S/C18H27N5O4/c1-11-4-6-12(7-5-11)20-18(24)14-8-15(23(25)26)16(19-2)21-17(14)22(3)13-9-27-10-13/h8,11-13H,4-7,9-10H2,1-3H3,(H,19,21)(H,20,24)/t11-,12-. The number of nitrogens with one attached hydrogen (secondary N) is 2. The number of hydrogen-bond donors (Lipinski definition) is 2. The van der Waals surface area contributed by atoms with E-state index in [2.05, 4.69) is 22.5 Å². The van der Waals surface area contributed by atoms with E-state index < -0.39 is 4.92 Å². The Labute approximate surface area is 158 Å². The molecule has 2 aliphatic rings. The summed E-state index contributed by atoms with van der Waals surface area (Å²) in [5.74, 6) is 0.941. The Morgan fingerprint density at radius 2 is 2.00 bits per heavy atom. The molecule has 1 amide bonds. The number of ether oxygens (including phenoxy) is 1. The predicted molar refractivity (Wildman–Crippen MR) is 102 cm³/mol. The molecule has 3 rings (SSSR count). The lowest BCUT2D eigenvalue weighted by Gasteiger charge is -2.36. The molecule has 0 unspecified atom stereocenters. The zero-order valence-corrected chi connectivity index (χ0v) is 16.0. The number of anilines is 2. The molecule has 2 fully saturated rings. The summed E-state index contributed by atoms with van der Waals surface area (Å²) in [6, 6.07) is 1.53. The maximum atomic E-state index is 13.0. The zero-order valence-electron chi connectivity index (χ0n) is 16.0. The summed E-state index contributed by atoms with van der Waals surface area (Å²) < 4.78 is 5.23. The van der Waals surface area contributed by atoms with Gasteiger partial charge in [0.2, 0.25) is 5.82 Å². The third kappa shape index (κ3) is 4.13. The number of pyridine rings is 1. The molecule has 1 aromatic heterocycles. The number of likely N-dealkylation sites (N-methyl/N-ethyl adjacent to an activating group) is 1. The van der Waals surface area contributed by atoms with Gasteiger partial charge in [0.25, 0.3) is 5.91 Å². The van der Waals surface area contributed by atoms with Gasteiger partial charge in [0.05, 0.1) is 29.7 Å². The fraction of sp³-hybridized carbons (Fsp3) is 0.667. The molecule has 0 spiro atoms. The summed E-state index contributed by atoms with van der Waals surface area (Å²) in [4.78, 5) is 30.1. The van der Waals surface area contributed by atoms with Crippen molar-refractivity contribution in [2.45, 2.75) is 44.7 Å². The molecule has 9 heteroatoms. The summed E-state index contributed by atoms with van der Waals surface area (Å²) in [5.41, 5.74) is 0.0237. The summed E-state index contributed by atoms with van der Waals surface area (Å²) in [5, 5.41) is 17.2. The van der Waals surface area contributed by atoms with Crippen LogP contribution in [0.25, 0.3) is 0 Å². The fourth-order valence-electron chi connectivity index (χ4n) is 3.54. The Balaban J connectivity index is 1.91. The Morgan fingerprint density at radius 3 is 2.52 bits per heavy atom. The molecule has 1 aliphatic heterocycles. The van der Waals surface area contributed by atoms with Crippen molar-refractivity contribution >= 4 is 23.2 Å². The van der Waals surface area contributed by atoms with Gasteiger partial charge in [0.15, 0.2) is 0 Å². The highest BCUT2D eigenvalue weighted by atomic mass is 16.6. The summed E-state index contributed by atoms with van der Waals surface area (Å²) in [6.07, 6.45) is 4.01. The number of amides is 1. The quantitative estimate of drug-likeness (QED) is 0.577. The zero-order chi connectivity index (χ0) is 19.6. The van der Waals surface area contributed by atoms with E-state index in [-0.39, 0.29) is 35.1 Å². The number of carbonyl (C=O) groups excluding carboxylic acids is 1. The summed E-state index contributed by atoms with van der Waals surface area (Å²) >= 11 is 0. The molecular weight excluding hydrogens is 350 g/mol. The molecule has 0 radical (unpaired) electrons. The van der Waals surface area contributed by atoms with E-state index in [0.29, 0.717) is 24.9 Å². The normalized spacial score (nSPS) is 22.6. The van der Waals surface area contributed by atoms with Crippen LogP contribution in [-0.2, 0) is 4.74 Å². The minimum absolute atomic E-state index is 0.0990. The van der Waals surface area contributed by atoms with Crippen LogP contribution in [0.5, 0.6) is 0 Å². The molecule has 1 aliphatic carbocycles. The highest BCUT2D eigenvalue weighted by Crippen LogP contribution is 2.31. The summed E-state index contributed by atoms with van der Waals surface area (Å²) in [6.45, 7) is 3.31. The van der Waals surface area contributed by atoms with Crippen molar-refractivity contribution in [1.82, 2.24) is 10.3 Å². The molecule has 1 saturated heterocycles. The average molecular weight is 377 g/mol. The van der Waals surface area contributed by atoms with Gasteiger partial charge >= 0.3 is 5.69 Å². The molecule has 0 bridgehead atoms. The van der Waals surface area contributed by atoms with E-state index in [9.17, 15) is 14.9 Å². The van der Waals surface area contributed by atoms with Crippen LogP contribution in [0.2, 0.25) is 0 Å². The molecule has 1 aromatic rings. The molecule has 0 aromatic carbocycles. The second-order valence-corrected chi connectivity index (χ2v) is 7.47. The molecular formula is C18H27N5O4. The van der Waals surface area contributed by atoms with Gasteiger partial charge in [0.1, 0.15) is 5.82 Å². The van der Waals surface area contributed by atoms with Crippen molar-refractivity contribution in [1.29, 1.82) is 0 Å². The predicted octanol–water partition coefficient (Wildman–Crippen LogP) is 2.17. The molecule has 27 heavy (non-hydrogen) atoms. The van der Waals surface area contributed by atoms with Gasteiger partial charge in [-0.2, -0.15) is 0 Å². The van der Waals surface area contributed by atoms with Crippen LogP contribution in [0, 0.1) is 16.0 Å². The summed E-state index contributed by atoms with van der Waals surface area (Å²) in [7, 11) is 3.41. The van der Waals surface area contributed by atoms with Crippen molar-refractivity contribution < 1.29 is 14.5 Å². The van der Waals surface area contributed by atoms with E-state index >= 15 is 0 Å². The van der Waals surface area contributed by atoms with Crippen LogP contribution in [0.3, 0.4) is 0 Å². The largest absolute Gasteiger partial charge is 0.377 e. The van der Waals surface area contributed by atoms with E-state index in [1.54, 1.807) is 7.05 Å². The van der Waals surface area contributed by atoms with Crippen LogP contribution in [0.4, 0.5) is 17.3 Å². The van der Waals surface area contributed by atoms with Gasteiger partial charge in [-0.3, -0.25) is 14.9 Å². The number of nitrogens with zero attached hydrogens (tertiary/aromatic N) is 3. The van der Waals surface area contributed by atoms with Gasteiger partial charge in [-0.15, -0.1) is 0 Å². The third-order valence-electron chi connectivity index (χ3n) is 5.51. The van der Waals surface area contributed by atoms with E-state index in [1.165, 1.54) is 6.07 Å². The maximum Gasteiger partial charge on any atom is 0.312 e. The molecule has 1 saturated carbocycles. The van der Waals surface area contributed by atoms with Crippen molar-refractivity contribution in [3.63, 3.8) is 0 Å². The van der Waals surface area contributed by atoms with Gasteiger partial charge < -0.3 is 20.3 Å². The monoisotopic (exact) mass is 377 g/mol. The number of aromatic nitrogens is 1. The number of nitro groups is 1.